The average molecular weight is 279 g/mol. The number of aryl methyl sites for hydroxylation is 1. The van der Waals surface area contributed by atoms with Gasteiger partial charge < -0.3 is 0 Å². The summed E-state index contributed by atoms with van der Waals surface area (Å²) in [5.41, 5.74) is 1.54. The Morgan fingerprint density at radius 2 is 1.79 bits per heavy atom. The van der Waals surface area contributed by atoms with Gasteiger partial charge in [-0.1, -0.05) is 19.1 Å². The zero-order valence-corrected chi connectivity index (χ0v) is 11.2. The van der Waals surface area contributed by atoms with Gasteiger partial charge in [-0.15, -0.1) is 0 Å². The lowest BCUT2D eigenvalue weighted by Crippen LogP contribution is -2.13. The van der Waals surface area contributed by atoms with Gasteiger partial charge in [-0.25, -0.2) is 12.8 Å². The molecular formula is C14H14FNO2S. The molecule has 3 nitrogen and oxygen atoms in total. The molecule has 2 aromatic rings. The lowest BCUT2D eigenvalue weighted by atomic mass is 10.1. The minimum absolute atomic E-state index is 0.0378. The molecule has 19 heavy (non-hydrogen) atoms. The molecule has 0 atom stereocenters. The van der Waals surface area contributed by atoms with Crippen LogP contribution in [0.5, 0.6) is 0 Å². The van der Waals surface area contributed by atoms with Crippen LogP contribution in [0.3, 0.4) is 0 Å². The van der Waals surface area contributed by atoms with Crippen LogP contribution in [0.15, 0.2) is 53.4 Å². The maximum absolute atomic E-state index is 12.8. The van der Waals surface area contributed by atoms with Gasteiger partial charge in [0.2, 0.25) is 0 Å². The molecule has 0 saturated heterocycles. The SMILES string of the molecule is CCc1cccc(NS(=O)(=O)c2ccc(F)cc2)c1. The van der Waals surface area contributed by atoms with Crippen molar-refractivity contribution in [3.05, 3.63) is 59.9 Å². The summed E-state index contributed by atoms with van der Waals surface area (Å²) >= 11 is 0. The smallest absolute Gasteiger partial charge is 0.261 e. The van der Waals surface area contributed by atoms with E-state index in [1.54, 1.807) is 18.2 Å². The van der Waals surface area contributed by atoms with E-state index in [-0.39, 0.29) is 4.90 Å². The van der Waals surface area contributed by atoms with Crippen LogP contribution in [0.2, 0.25) is 0 Å². The first-order valence-electron chi connectivity index (χ1n) is 5.88. The third kappa shape index (κ3) is 3.32. The Hall–Kier alpha value is -1.88. The van der Waals surface area contributed by atoms with E-state index < -0.39 is 15.8 Å². The van der Waals surface area contributed by atoms with Gasteiger partial charge in [0.05, 0.1) is 4.90 Å². The van der Waals surface area contributed by atoms with Crippen molar-refractivity contribution < 1.29 is 12.8 Å². The molecule has 2 rings (SSSR count). The molecule has 2 aromatic carbocycles. The summed E-state index contributed by atoms with van der Waals surface area (Å²) in [4.78, 5) is 0.0378. The number of anilines is 1. The van der Waals surface area contributed by atoms with E-state index in [4.69, 9.17) is 0 Å². The highest BCUT2D eigenvalue weighted by Crippen LogP contribution is 2.17. The number of hydrogen-bond donors (Lipinski definition) is 1. The Bertz CT molecular complexity index is 666. The summed E-state index contributed by atoms with van der Waals surface area (Å²) in [7, 11) is -3.67. The predicted octanol–water partition coefficient (Wildman–Crippen LogP) is 3.19. The zero-order chi connectivity index (χ0) is 13.9. The Morgan fingerprint density at radius 3 is 2.42 bits per heavy atom. The van der Waals surface area contributed by atoms with Crippen molar-refractivity contribution in [3.8, 4) is 0 Å². The normalized spacial score (nSPS) is 11.3. The van der Waals surface area contributed by atoms with Gasteiger partial charge in [0.1, 0.15) is 5.82 Å². The molecular weight excluding hydrogens is 265 g/mol. The van der Waals surface area contributed by atoms with E-state index in [0.29, 0.717) is 5.69 Å². The minimum atomic E-state index is -3.67. The Kier molecular flexibility index (Phi) is 3.85. The third-order valence-corrected chi connectivity index (χ3v) is 4.11. The Morgan fingerprint density at radius 1 is 1.11 bits per heavy atom. The number of halogens is 1. The maximum atomic E-state index is 12.8. The van der Waals surface area contributed by atoms with E-state index in [1.165, 1.54) is 12.1 Å². The Labute approximate surface area is 112 Å². The zero-order valence-electron chi connectivity index (χ0n) is 10.4. The van der Waals surface area contributed by atoms with Crippen molar-refractivity contribution in [2.75, 3.05) is 4.72 Å². The average Bonchev–Trinajstić information content (AvgIpc) is 2.39. The summed E-state index contributed by atoms with van der Waals surface area (Å²) < 4.78 is 39.4. The van der Waals surface area contributed by atoms with Crippen LogP contribution >= 0.6 is 0 Å². The molecule has 1 N–H and O–H groups in total. The minimum Gasteiger partial charge on any atom is -0.280 e. The molecule has 100 valence electrons. The Balaban J connectivity index is 2.28. The van der Waals surface area contributed by atoms with E-state index in [1.807, 2.05) is 13.0 Å². The van der Waals surface area contributed by atoms with Crippen LogP contribution in [-0.4, -0.2) is 8.42 Å². The van der Waals surface area contributed by atoms with E-state index in [9.17, 15) is 12.8 Å². The molecule has 0 unspecified atom stereocenters. The van der Waals surface area contributed by atoms with Crippen LogP contribution in [0.25, 0.3) is 0 Å². The molecule has 0 fully saturated rings. The molecule has 0 amide bonds. The van der Waals surface area contributed by atoms with Crippen molar-refractivity contribution in [2.45, 2.75) is 18.2 Å². The van der Waals surface area contributed by atoms with E-state index in [0.717, 1.165) is 24.1 Å². The highest BCUT2D eigenvalue weighted by molar-refractivity contribution is 7.92. The fourth-order valence-corrected chi connectivity index (χ4v) is 2.73. The predicted molar refractivity (Wildman–Crippen MR) is 73.0 cm³/mol. The lowest BCUT2D eigenvalue weighted by molar-refractivity contribution is 0.599. The van der Waals surface area contributed by atoms with Crippen LogP contribution in [-0.2, 0) is 16.4 Å². The first-order chi connectivity index (χ1) is 9.01. The second kappa shape index (κ2) is 5.40. The van der Waals surface area contributed by atoms with Gasteiger partial charge >= 0.3 is 0 Å². The summed E-state index contributed by atoms with van der Waals surface area (Å²) in [5.74, 6) is -0.466. The summed E-state index contributed by atoms with van der Waals surface area (Å²) in [6, 6.07) is 11.9. The highest BCUT2D eigenvalue weighted by atomic mass is 32.2. The van der Waals surface area contributed by atoms with Crippen molar-refractivity contribution in [3.63, 3.8) is 0 Å². The molecule has 0 aliphatic rings. The second-order valence-electron chi connectivity index (χ2n) is 4.11. The number of nitrogens with one attached hydrogen (secondary N) is 1. The van der Waals surface area contributed by atoms with Crippen molar-refractivity contribution >= 4 is 15.7 Å². The first kappa shape index (κ1) is 13.5. The molecule has 0 heterocycles. The van der Waals surface area contributed by atoms with Crippen molar-refractivity contribution in [1.29, 1.82) is 0 Å². The molecule has 0 bridgehead atoms. The second-order valence-corrected chi connectivity index (χ2v) is 5.80. The number of benzene rings is 2. The molecule has 0 radical (unpaired) electrons. The summed E-state index contributed by atoms with van der Waals surface area (Å²) in [6.45, 7) is 1.99. The number of rotatable bonds is 4. The van der Waals surface area contributed by atoms with Gasteiger partial charge in [-0.05, 0) is 48.4 Å². The van der Waals surface area contributed by atoms with Crippen LogP contribution in [0.4, 0.5) is 10.1 Å². The van der Waals surface area contributed by atoms with Gasteiger partial charge in [-0.2, -0.15) is 0 Å². The molecule has 5 heteroatoms. The molecule has 0 aliphatic carbocycles. The van der Waals surface area contributed by atoms with Gasteiger partial charge in [0.25, 0.3) is 10.0 Å². The molecule has 0 aromatic heterocycles. The van der Waals surface area contributed by atoms with Gasteiger partial charge in [0.15, 0.2) is 0 Å². The van der Waals surface area contributed by atoms with E-state index in [2.05, 4.69) is 4.72 Å². The molecule has 0 spiro atoms. The van der Waals surface area contributed by atoms with Crippen LogP contribution in [0, 0.1) is 5.82 Å². The number of sulfonamides is 1. The van der Waals surface area contributed by atoms with Crippen LogP contribution < -0.4 is 4.72 Å². The fraction of sp³-hybridized carbons (Fsp3) is 0.143. The number of hydrogen-bond acceptors (Lipinski definition) is 2. The quantitative estimate of drug-likeness (QED) is 0.934. The first-order valence-corrected chi connectivity index (χ1v) is 7.37. The standard InChI is InChI=1S/C14H14FNO2S/c1-2-11-4-3-5-13(10-11)16-19(17,18)14-8-6-12(15)7-9-14/h3-10,16H,2H2,1H3. The van der Waals surface area contributed by atoms with Crippen molar-refractivity contribution in [2.24, 2.45) is 0 Å². The topological polar surface area (TPSA) is 46.2 Å². The van der Waals surface area contributed by atoms with Crippen molar-refractivity contribution in [1.82, 2.24) is 0 Å². The molecule has 0 aliphatic heterocycles. The summed E-state index contributed by atoms with van der Waals surface area (Å²) in [6.07, 6.45) is 0.826. The monoisotopic (exact) mass is 279 g/mol. The highest BCUT2D eigenvalue weighted by Gasteiger charge is 2.14. The van der Waals surface area contributed by atoms with Crippen LogP contribution in [0.1, 0.15) is 12.5 Å². The fourth-order valence-electron chi connectivity index (χ4n) is 1.68. The lowest BCUT2D eigenvalue weighted by Gasteiger charge is -2.09. The largest absolute Gasteiger partial charge is 0.280 e. The van der Waals surface area contributed by atoms with Gasteiger partial charge in [-0.3, -0.25) is 4.72 Å². The third-order valence-electron chi connectivity index (χ3n) is 2.71. The molecule has 0 saturated carbocycles. The van der Waals surface area contributed by atoms with E-state index >= 15 is 0 Å². The summed E-state index contributed by atoms with van der Waals surface area (Å²) in [5, 5.41) is 0. The van der Waals surface area contributed by atoms with Gasteiger partial charge in [0, 0.05) is 5.69 Å². The maximum Gasteiger partial charge on any atom is 0.261 e.